The van der Waals surface area contributed by atoms with Crippen LogP contribution in [0.1, 0.15) is 52.3 Å². The van der Waals surface area contributed by atoms with Gasteiger partial charge in [-0.2, -0.15) is 0 Å². The van der Waals surface area contributed by atoms with Crippen LogP contribution in [0.25, 0.3) is 10.4 Å². The van der Waals surface area contributed by atoms with Gasteiger partial charge in [0.25, 0.3) is 5.91 Å². The van der Waals surface area contributed by atoms with Crippen LogP contribution in [0.4, 0.5) is 0 Å². The van der Waals surface area contributed by atoms with Crippen LogP contribution in [0.15, 0.2) is 34.8 Å². The molecule has 0 radical (unpaired) electrons. The molecule has 1 unspecified atom stereocenters. The number of nitrogens with zero attached hydrogens (tertiary/aromatic N) is 3. The normalized spacial score (nSPS) is 19.7. The number of likely N-dealkylation sites (tertiary alicyclic amines) is 1. The minimum Gasteiger partial charge on any atom is -0.391 e. The van der Waals surface area contributed by atoms with Crippen LogP contribution >= 0.6 is 11.3 Å². The van der Waals surface area contributed by atoms with E-state index < -0.39 is 35.4 Å². The molecular weight excluding hydrogens is 452 g/mol. The van der Waals surface area contributed by atoms with E-state index >= 15 is 0 Å². The number of aromatic nitrogens is 1. The summed E-state index contributed by atoms with van der Waals surface area (Å²) >= 11 is 1.57. The minimum atomic E-state index is -0.879. The highest BCUT2D eigenvalue weighted by atomic mass is 32.1. The van der Waals surface area contributed by atoms with E-state index in [1.165, 1.54) is 11.8 Å². The highest BCUT2D eigenvalue weighted by Crippen LogP contribution is 2.28. The Labute approximate surface area is 204 Å². The van der Waals surface area contributed by atoms with Gasteiger partial charge in [-0.05, 0) is 30.4 Å². The van der Waals surface area contributed by atoms with E-state index in [4.69, 9.17) is 0 Å². The van der Waals surface area contributed by atoms with Crippen molar-refractivity contribution >= 4 is 34.8 Å². The molecule has 2 N–H and O–H groups in total. The van der Waals surface area contributed by atoms with Crippen molar-refractivity contribution in [2.75, 3.05) is 6.54 Å². The molecule has 0 spiro atoms. The third-order valence-corrected chi connectivity index (χ3v) is 6.87. The molecule has 0 aliphatic carbocycles. The number of aliphatic hydroxyl groups excluding tert-OH is 1. The Kier molecular flexibility index (Phi) is 7.67. The summed E-state index contributed by atoms with van der Waals surface area (Å²) in [5, 5.41) is 12.9. The zero-order valence-electron chi connectivity index (χ0n) is 20.5. The summed E-state index contributed by atoms with van der Waals surface area (Å²) in [6.07, 6.45) is -0.713. The van der Waals surface area contributed by atoms with Crippen molar-refractivity contribution < 1.29 is 19.5 Å². The molecule has 0 saturated carbocycles. The topological polar surface area (TPSA) is 112 Å². The number of nitrogens with one attached hydrogen (secondary N) is 1. The third kappa shape index (κ3) is 5.77. The summed E-state index contributed by atoms with van der Waals surface area (Å²) < 4.78 is 0. The summed E-state index contributed by atoms with van der Waals surface area (Å²) in [6, 6.07) is 6.04. The average Bonchev–Trinajstić information content (AvgIpc) is 3.36. The van der Waals surface area contributed by atoms with Crippen molar-refractivity contribution in [1.82, 2.24) is 15.2 Å². The van der Waals surface area contributed by atoms with E-state index in [1.54, 1.807) is 18.3 Å². The molecule has 34 heavy (non-hydrogen) atoms. The molecule has 1 fully saturated rings. The molecule has 2 heterocycles. The Bertz CT molecular complexity index is 1100. The molecule has 1 aromatic carbocycles. The standard InChI is InChI=1S/C25H32N4O4S/c1-14(17-7-9-18(10-8-17)21-15(2)26-13-34-21)27-23(32)20-11-19(31)12-29(20)24(33)22(25(4,5)6)28-16(3)30/h7-10,13,19-20,22,31H,11-12H2,1-6H3,(H,28,30)/t19-,20+,22?/m1/s1. The molecule has 1 aliphatic rings. The van der Waals surface area contributed by atoms with Gasteiger partial charge in [-0.1, -0.05) is 45.0 Å². The Morgan fingerprint density at radius 1 is 1.21 bits per heavy atom. The summed E-state index contributed by atoms with van der Waals surface area (Å²) in [6.45, 7) is 10.6. The van der Waals surface area contributed by atoms with Gasteiger partial charge < -0.3 is 15.3 Å². The Morgan fingerprint density at radius 2 is 1.85 bits per heavy atom. The number of aliphatic hydroxyl groups is 1. The van der Waals surface area contributed by atoms with Gasteiger partial charge in [0.15, 0.2) is 0 Å². The van der Waals surface area contributed by atoms with Gasteiger partial charge in [-0.25, -0.2) is 9.98 Å². The van der Waals surface area contributed by atoms with Crippen molar-refractivity contribution in [3.8, 4) is 10.4 Å². The Morgan fingerprint density at radius 3 is 2.38 bits per heavy atom. The van der Waals surface area contributed by atoms with Crippen LogP contribution in [-0.2, 0) is 14.4 Å². The van der Waals surface area contributed by atoms with Gasteiger partial charge in [0.1, 0.15) is 12.1 Å². The van der Waals surface area contributed by atoms with Crippen molar-refractivity contribution in [3.05, 3.63) is 41.0 Å². The van der Waals surface area contributed by atoms with Crippen molar-refractivity contribution in [2.24, 2.45) is 10.4 Å². The monoisotopic (exact) mass is 484 g/mol. The van der Waals surface area contributed by atoms with Crippen LogP contribution in [0.5, 0.6) is 0 Å². The fourth-order valence-corrected chi connectivity index (χ4v) is 4.87. The molecule has 3 atom stereocenters. The lowest BCUT2D eigenvalue weighted by atomic mass is 9.85. The number of aryl methyl sites for hydroxylation is 1. The maximum atomic E-state index is 13.3. The molecule has 0 bridgehead atoms. The zero-order chi connectivity index (χ0) is 25.2. The second-order valence-electron chi connectivity index (χ2n) is 9.78. The molecule has 9 heteroatoms. The summed E-state index contributed by atoms with van der Waals surface area (Å²) in [4.78, 5) is 49.1. The number of carbonyl (C=O) groups excluding carboxylic acids is 3. The molecule has 1 aliphatic heterocycles. The zero-order valence-corrected chi connectivity index (χ0v) is 21.3. The predicted octanol–water partition coefficient (Wildman–Crippen LogP) is 2.97. The predicted molar refractivity (Wildman–Crippen MR) is 133 cm³/mol. The van der Waals surface area contributed by atoms with Crippen LogP contribution in [0, 0.1) is 12.3 Å². The number of carbonyl (C=O) groups is 3. The molecule has 182 valence electrons. The van der Waals surface area contributed by atoms with E-state index in [2.05, 4.69) is 15.3 Å². The second-order valence-corrected chi connectivity index (χ2v) is 10.6. The highest BCUT2D eigenvalue weighted by molar-refractivity contribution is 7.13. The van der Waals surface area contributed by atoms with Gasteiger partial charge >= 0.3 is 0 Å². The lowest BCUT2D eigenvalue weighted by molar-refractivity contribution is -0.143. The SMILES string of the molecule is CC(=O)NC(C(=O)N1C[C@H](O)C[C@H]1C(=O)N=C(C)c1ccc(-c2scnc2C)cc1)C(C)(C)C. The van der Waals surface area contributed by atoms with Gasteiger partial charge in [-0.3, -0.25) is 14.4 Å². The first-order valence-electron chi connectivity index (χ1n) is 11.2. The van der Waals surface area contributed by atoms with E-state index in [9.17, 15) is 19.5 Å². The van der Waals surface area contributed by atoms with Crippen LogP contribution in [-0.4, -0.2) is 63.2 Å². The smallest absolute Gasteiger partial charge is 0.268 e. The van der Waals surface area contributed by atoms with Crippen LogP contribution in [0.2, 0.25) is 0 Å². The quantitative estimate of drug-likeness (QED) is 0.634. The maximum Gasteiger partial charge on any atom is 0.268 e. The maximum absolute atomic E-state index is 13.3. The number of aliphatic imine (C=N–C) groups is 1. The number of rotatable bonds is 5. The molecular formula is C25H32N4O4S. The summed E-state index contributed by atoms with van der Waals surface area (Å²) in [7, 11) is 0. The average molecular weight is 485 g/mol. The third-order valence-electron chi connectivity index (χ3n) is 5.90. The molecule has 3 rings (SSSR count). The van der Waals surface area contributed by atoms with Crippen molar-refractivity contribution in [1.29, 1.82) is 0 Å². The second kappa shape index (κ2) is 10.1. The van der Waals surface area contributed by atoms with E-state index in [1.807, 2.05) is 57.5 Å². The van der Waals surface area contributed by atoms with Crippen molar-refractivity contribution in [2.45, 2.75) is 66.2 Å². The first kappa shape index (κ1) is 25.7. The summed E-state index contributed by atoms with van der Waals surface area (Å²) in [5.74, 6) is -1.21. The van der Waals surface area contributed by atoms with Crippen molar-refractivity contribution in [3.63, 3.8) is 0 Å². The number of hydrogen-bond acceptors (Lipinski definition) is 6. The Hall–Kier alpha value is -2.91. The van der Waals surface area contributed by atoms with E-state index in [-0.39, 0.29) is 18.9 Å². The molecule has 8 nitrogen and oxygen atoms in total. The summed E-state index contributed by atoms with van der Waals surface area (Å²) in [5.41, 5.74) is 4.58. The molecule has 3 amide bonds. The molecule has 1 aromatic heterocycles. The van der Waals surface area contributed by atoms with Crippen LogP contribution in [0.3, 0.4) is 0 Å². The highest BCUT2D eigenvalue weighted by Gasteiger charge is 2.44. The van der Waals surface area contributed by atoms with Gasteiger partial charge in [0.05, 0.1) is 22.2 Å². The molecule has 1 saturated heterocycles. The number of thiazole rings is 1. The van der Waals surface area contributed by atoms with E-state index in [0.717, 1.165) is 21.7 Å². The lowest BCUT2D eigenvalue weighted by Gasteiger charge is -2.34. The minimum absolute atomic E-state index is 0.0267. The van der Waals surface area contributed by atoms with Crippen LogP contribution < -0.4 is 5.32 Å². The lowest BCUT2D eigenvalue weighted by Crippen LogP contribution is -2.56. The Balaban J connectivity index is 1.81. The number of benzene rings is 1. The van der Waals surface area contributed by atoms with E-state index in [0.29, 0.717) is 5.71 Å². The first-order valence-corrected chi connectivity index (χ1v) is 12.1. The fraction of sp³-hybridized carbons (Fsp3) is 0.480. The van der Waals surface area contributed by atoms with Gasteiger partial charge in [-0.15, -0.1) is 11.3 Å². The van der Waals surface area contributed by atoms with Gasteiger partial charge in [0.2, 0.25) is 11.8 Å². The number of β-amino-alcohol motifs (C(OH)–C–C–N with tert-alkyl or cyclic N) is 1. The largest absolute Gasteiger partial charge is 0.391 e. The fourth-order valence-electron chi connectivity index (χ4n) is 4.06. The van der Waals surface area contributed by atoms with Gasteiger partial charge in [0, 0.05) is 25.6 Å². The molecule has 2 aromatic rings. The number of amides is 3. The number of hydrogen-bond donors (Lipinski definition) is 2. The first-order chi connectivity index (χ1) is 15.9.